The minimum Gasteiger partial charge on any atom is -0.451 e. The van der Waals surface area contributed by atoms with Crippen LogP contribution in [0.5, 0.6) is 0 Å². The van der Waals surface area contributed by atoms with Crippen molar-refractivity contribution in [3.05, 3.63) is 70.3 Å². The number of halogens is 1. The van der Waals surface area contributed by atoms with Crippen molar-refractivity contribution in [1.29, 1.82) is 0 Å². The van der Waals surface area contributed by atoms with Crippen LogP contribution in [0.25, 0.3) is 6.08 Å². The number of carbonyl (C=O) groups is 3. The molecule has 0 atom stereocenters. The third-order valence-corrected chi connectivity index (χ3v) is 3.58. The largest absolute Gasteiger partial charge is 0.451 e. The van der Waals surface area contributed by atoms with Gasteiger partial charge in [0, 0.05) is 17.1 Å². The fourth-order valence-electron chi connectivity index (χ4n) is 2.02. The lowest BCUT2D eigenvalue weighted by Gasteiger charge is -2.10. The predicted molar refractivity (Wildman–Crippen MR) is 102 cm³/mol. The molecule has 0 aliphatic heterocycles. The quantitative estimate of drug-likeness (QED) is 0.559. The van der Waals surface area contributed by atoms with E-state index in [1.54, 1.807) is 42.5 Å². The van der Waals surface area contributed by atoms with Gasteiger partial charge in [0.2, 0.25) is 5.91 Å². The molecule has 6 nitrogen and oxygen atoms in total. The predicted octanol–water partition coefficient (Wildman–Crippen LogP) is 3.11. The van der Waals surface area contributed by atoms with Crippen LogP contribution < -0.4 is 10.6 Å². The van der Waals surface area contributed by atoms with Crippen LogP contribution in [-0.2, 0) is 19.1 Å². The van der Waals surface area contributed by atoms with Crippen LogP contribution in [0.4, 0.5) is 5.69 Å². The Labute approximate surface area is 159 Å². The summed E-state index contributed by atoms with van der Waals surface area (Å²) in [6, 6.07) is 16.0. The smallest absolute Gasteiger partial charge is 0.355 e. The second-order valence-electron chi connectivity index (χ2n) is 5.28. The number of carbonyl (C=O) groups excluding carboxylic acids is 3. The highest BCUT2D eigenvalue weighted by atomic mass is 79.9. The maximum absolute atomic E-state index is 12.2. The number of anilines is 1. The molecule has 0 heterocycles. The molecule has 0 saturated carbocycles. The van der Waals surface area contributed by atoms with E-state index in [1.165, 1.54) is 13.0 Å². The SMILES string of the molecule is CC(=O)N/C(=C\c1ccccc1)C(=O)OCC(=O)Nc1cccc(Br)c1. The van der Waals surface area contributed by atoms with Crippen LogP contribution in [0.3, 0.4) is 0 Å². The first kappa shape index (κ1) is 19.4. The molecule has 0 aliphatic rings. The minimum absolute atomic E-state index is 0.0426. The maximum Gasteiger partial charge on any atom is 0.355 e. The number of rotatable bonds is 6. The molecule has 2 rings (SSSR count). The van der Waals surface area contributed by atoms with Gasteiger partial charge in [0.05, 0.1) is 0 Å². The van der Waals surface area contributed by atoms with Crippen molar-refractivity contribution in [2.24, 2.45) is 0 Å². The summed E-state index contributed by atoms with van der Waals surface area (Å²) in [7, 11) is 0. The van der Waals surface area contributed by atoms with E-state index in [-0.39, 0.29) is 5.70 Å². The normalized spacial score (nSPS) is 10.8. The number of nitrogens with one attached hydrogen (secondary N) is 2. The lowest BCUT2D eigenvalue weighted by molar-refractivity contribution is -0.144. The first-order chi connectivity index (χ1) is 12.4. The Morgan fingerprint density at radius 3 is 2.46 bits per heavy atom. The van der Waals surface area contributed by atoms with Crippen LogP contribution in [0, 0.1) is 0 Å². The van der Waals surface area contributed by atoms with Gasteiger partial charge in [-0.1, -0.05) is 52.3 Å². The van der Waals surface area contributed by atoms with Crippen molar-refractivity contribution in [2.45, 2.75) is 6.92 Å². The average Bonchev–Trinajstić information content (AvgIpc) is 2.59. The van der Waals surface area contributed by atoms with Crippen LogP contribution >= 0.6 is 15.9 Å². The Balaban J connectivity index is 1.99. The lowest BCUT2D eigenvalue weighted by Crippen LogP contribution is -2.28. The average molecular weight is 417 g/mol. The summed E-state index contributed by atoms with van der Waals surface area (Å²) in [6.45, 7) is 0.809. The molecule has 0 bridgehead atoms. The summed E-state index contributed by atoms with van der Waals surface area (Å²) in [5.41, 5.74) is 1.24. The number of benzene rings is 2. The van der Waals surface area contributed by atoms with Gasteiger partial charge >= 0.3 is 5.97 Å². The first-order valence-electron chi connectivity index (χ1n) is 7.71. The van der Waals surface area contributed by atoms with Crippen molar-refractivity contribution in [3.63, 3.8) is 0 Å². The van der Waals surface area contributed by atoms with E-state index in [1.807, 2.05) is 12.1 Å². The van der Waals surface area contributed by atoms with Gasteiger partial charge in [-0.05, 0) is 29.8 Å². The Kier molecular flexibility index (Phi) is 7.11. The van der Waals surface area contributed by atoms with Crippen molar-refractivity contribution in [1.82, 2.24) is 5.32 Å². The van der Waals surface area contributed by atoms with Crippen LogP contribution in [0.1, 0.15) is 12.5 Å². The van der Waals surface area contributed by atoms with E-state index in [2.05, 4.69) is 26.6 Å². The zero-order valence-electron chi connectivity index (χ0n) is 14.0. The zero-order chi connectivity index (χ0) is 18.9. The highest BCUT2D eigenvalue weighted by molar-refractivity contribution is 9.10. The second kappa shape index (κ2) is 9.53. The summed E-state index contributed by atoms with van der Waals surface area (Å²) in [4.78, 5) is 35.4. The summed E-state index contributed by atoms with van der Waals surface area (Å²) < 4.78 is 5.81. The van der Waals surface area contributed by atoms with E-state index in [9.17, 15) is 14.4 Å². The number of ether oxygens (including phenoxy) is 1. The third kappa shape index (κ3) is 6.52. The summed E-state index contributed by atoms with van der Waals surface area (Å²) >= 11 is 3.30. The Bertz CT molecular complexity index is 834. The molecule has 0 aliphatic carbocycles. The molecule has 0 aromatic heterocycles. The molecule has 0 radical (unpaired) electrons. The standard InChI is InChI=1S/C19H17BrN2O4/c1-13(23)21-17(10-14-6-3-2-4-7-14)19(25)26-12-18(24)22-16-9-5-8-15(20)11-16/h2-11H,12H2,1H3,(H,21,23)(H,22,24)/b17-10-. The van der Waals surface area contributed by atoms with Gasteiger partial charge in [-0.3, -0.25) is 9.59 Å². The molecular formula is C19H17BrN2O4. The van der Waals surface area contributed by atoms with Crippen molar-refractivity contribution in [2.75, 3.05) is 11.9 Å². The number of hydrogen-bond donors (Lipinski definition) is 2. The summed E-state index contributed by atoms with van der Waals surface area (Å²) in [5, 5.41) is 5.03. The molecule has 2 aromatic rings. The molecule has 2 amide bonds. The molecule has 0 spiro atoms. The molecular weight excluding hydrogens is 400 g/mol. The van der Waals surface area contributed by atoms with E-state index < -0.39 is 24.4 Å². The highest BCUT2D eigenvalue weighted by Crippen LogP contribution is 2.15. The van der Waals surface area contributed by atoms with Crippen molar-refractivity contribution in [3.8, 4) is 0 Å². The minimum atomic E-state index is -0.798. The van der Waals surface area contributed by atoms with E-state index in [0.717, 1.165) is 4.47 Å². The van der Waals surface area contributed by atoms with Gasteiger partial charge in [-0.15, -0.1) is 0 Å². The lowest BCUT2D eigenvalue weighted by atomic mass is 10.2. The Morgan fingerprint density at radius 2 is 1.81 bits per heavy atom. The van der Waals surface area contributed by atoms with Crippen LogP contribution in [-0.4, -0.2) is 24.4 Å². The van der Waals surface area contributed by atoms with Crippen LogP contribution in [0.2, 0.25) is 0 Å². The number of hydrogen-bond acceptors (Lipinski definition) is 4. The molecule has 0 unspecified atom stereocenters. The Morgan fingerprint density at radius 1 is 1.08 bits per heavy atom. The van der Waals surface area contributed by atoms with Gasteiger partial charge in [-0.25, -0.2) is 4.79 Å². The van der Waals surface area contributed by atoms with Crippen molar-refractivity contribution < 1.29 is 19.1 Å². The van der Waals surface area contributed by atoms with Crippen molar-refractivity contribution >= 4 is 45.5 Å². The monoisotopic (exact) mass is 416 g/mol. The van der Waals surface area contributed by atoms with Gasteiger partial charge in [-0.2, -0.15) is 0 Å². The van der Waals surface area contributed by atoms with Gasteiger partial charge in [0.15, 0.2) is 6.61 Å². The molecule has 2 N–H and O–H groups in total. The third-order valence-electron chi connectivity index (χ3n) is 3.08. The van der Waals surface area contributed by atoms with Gasteiger partial charge in [0.25, 0.3) is 5.91 Å². The van der Waals surface area contributed by atoms with Gasteiger partial charge < -0.3 is 15.4 Å². The highest BCUT2D eigenvalue weighted by Gasteiger charge is 2.15. The Hall–Kier alpha value is -2.93. The summed E-state index contributed by atoms with van der Waals surface area (Å²) in [5.74, 6) is -1.70. The molecule has 134 valence electrons. The molecule has 2 aromatic carbocycles. The first-order valence-corrected chi connectivity index (χ1v) is 8.50. The molecule has 7 heteroatoms. The van der Waals surface area contributed by atoms with Gasteiger partial charge in [0.1, 0.15) is 5.70 Å². The van der Waals surface area contributed by atoms with E-state index in [0.29, 0.717) is 11.3 Å². The summed E-state index contributed by atoms with van der Waals surface area (Å²) in [6.07, 6.45) is 1.48. The number of amides is 2. The fraction of sp³-hybridized carbons (Fsp3) is 0.105. The fourth-order valence-corrected chi connectivity index (χ4v) is 2.42. The topological polar surface area (TPSA) is 84.5 Å². The zero-order valence-corrected chi connectivity index (χ0v) is 15.6. The van der Waals surface area contributed by atoms with E-state index >= 15 is 0 Å². The molecule has 26 heavy (non-hydrogen) atoms. The maximum atomic E-state index is 12.2. The van der Waals surface area contributed by atoms with Crippen LogP contribution in [0.15, 0.2) is 64.8 Å². The number of esters is 1. The molecule has 0 saturated heterocycles. The van der Waals surface area contributed by atoms with E-state index in [4.69, 9.17) is 4.74 Å². The molecule has 0 fully saturated rings. The second-order valence-corrected chi connectivity index (χ2v) is 6.20.